The van der Waals surface area contributed by atoms with Crippen LogP contribution in [-0.4, -0.2) is 17.7 Å². The molecule has 0 bridgehead atoms. The van der Waals surface area contributed by atoms with Crippen LogP contribution in [0.4, 0.5) is 0 Å². The van der Waals surface area contributed by atoms with Gasteiger partial charge in [-0.1, -0.05) is 55.5 Å². The third kappa shape index (κ3) is 3.07. The monoisotopic (exact) mass is 336 g/mol. The zero-order valence-corrected chi connectivity index (χ0v) is 15.2. The Labute approximate surface area is 150 Å². The van der Waals surface area contributed by atoms with E-state index in [-0.39, 0.29) is 12.1 Å². The molecule has 2 aliphatic heterocycles. The minimum atomic E-state index is 0.262. The van der Waals surface area contributed by atoms with E-state index in [9.17, 15) is 0 Å². The number of nitrogens with zero attached hydrogens (tertiary/aromatic N) is 1. The Hall–Kier alpha value is -1.84. The number of benzene rings is 2. The third-order valence-corrected chi connectivity index (χ3v) is 6.04. The third-order valence-electron chi connectivity index (χ3n) is 6.04. The van der Waals surface area contributed by atoms with Crippen molar-refractivity contribution in [2.24, 2.45) is 11.8 Å². The molecule has 3 nitrogen and oxygen atoms in total. The molecule has 0 amide bonds. The SMILES string of the molecule is CC1Oc2c(C[C@@H]3CCCN(N)[C@@H]3c3ccccc3)cccc2C1C. The lowest BCUT2D eigenvalue weighted by molar-refractivity contribution is 0.0920. The van der Waals surface area contributed by atoms with Crippen LogP contribution in [0, 0.1) is 5.92 Å². The normalized spacial score (nSPS) is 29.2. The summed E-state index contributed by atoms with van der Waals surface area (Å²) in [4.78, 5) is 0. The van der Waals surface area contributed by atoms with Crippen molar-refractivity contribution in [3.8, 4) is 5.75 Å². The number of hydrogen-bond donors (Lipinski definition) is 1. The summed E-state index contributed by atoms with van der Waals surface area (Å²) < 4.78 is 6.21. The molecule has 0 aromatic heterocycles. The van der Waals surface area contributed by atoms with Gasteiger partial charge in [0.25, 0.3) is 0 Å². The fourth-order valence-corrected chi connectivity index (χ4v) is 4.52. The molecular formula is C22H28N2O. The molecule has 2 heterocycles. The van der Waals surface area contributed by atoms with Crippen molar-refractivity contribution >= 4 is 0 Å². The zero-order chi connectivity index (χ0) is 17.4. The van der Waals surface area contributed by atoms with Crippen LogP contribution in [0.1, 0.15) is 55.3 Å². The average Bonchev–Trinajstić information content (AvgIpc) is 2.92. The summed E-state index contributed by atoms with van der Waals surface area (Å²) in [6.07, 6.45) is 3.66. The van der Waals surface area contributed by atoms with Crippen LogP contribution in [-0.2, 0) is 6.42 Å². The predicted octanol–water partition coefficient (Wildman–Crippen LogP) is 4.44. The number of rotatable bonds is 3. The second-order valence-electron chi connectivity index (χ2n) is 7.65. The number of nitrogens with two attached hydrogens (primary N) is 1. The fourth-order valence-electron chi connectivity index (χ4n) is 4.52. The first-order chi connectivity index (χ1) is 12.1. The Morgan fingerprint density at radius 3 is 2.68 bits per heavy atom. The maximum Gasteiger partial charge on any atom is 0.126 e. The summed E-state index contributed by atoms with van der Waals surface area (Å²) >= 11 is 0. The first kappa shape index (κ1) is 16.6. The molecule has 1 saturated heterocycles. The van der Waals surface area contributed by atoms with Gasteiger partial charge in [0.15, 0.2) is 0 Å². The molecule has 25 heavy (non-hydrogen) atoms. The summed E-state index contributed by atoms with van der Waals surface area (Å²) in [5.74, 6) is 8.53. The molecule has 2 unspecified atom stereocenters. The van der Waals surface area contributed by atoms with Crippen LogP contribution in [0.15, 0.2) is 48.5 Å². The molecule has 3 heteroatoms. The number of hydrogen-bond acceptors (Lipinski definition) is 3. The molecule has 2 aliphatic rings. The number of fused-ring (bicyclic) bond motifs is 1. The Morgan fingerprint density at radius 2 is 1.88 bits per heavy atom. The average molecular weight is 336 g/mol. The zero-order valence-electron chi connectivity index (χ0n) is 15.2. The summed E-state index contributed by atoms with van der Waals surface area (Å²) in [5.41, 5.74) is 4.03. The van der Waals surface area contributed by atoms with Gasteiger partial charge >= 0.3 is 0 Å². The smallest absolute Gasteiger partial charge is 0.126 e. The summed E-state index contributed by atoms with van der Waals surface area (Å²) in [7, 11) is 0. The van der Waals surface area contributed by atoms with E-state index in [0.29, 0.717) is 11.8 Å². The highest BCUT2D eigenvalue weighted by atomic mass is 16.5. The molecule has 2 aromatic carbocycles. The van der Waals surface area contributed by atoms with Gasteiger partial charge in [-0.25, -0.2) is 5.01 Å². The van der Waals surface area contributed by atoms with Gasteiger partial charge in [-0.15, -0.1) is 0 Å². The van der Waals surface area contributed by atoms with E-state index >= 15 is 0 Å². The van der Waals surface area contributed by atoms with Crippen molar-refractivity contribution in [1.29, 1.82) is 0 Å². The van der Waals surface area contributed by atoms with Crippen molar-refractivity contribution in [1.82, 2.24) is 5.01 Å². The van der Waals surface area contributed by atoms with Gasteiger partial charge in [0.05, 0.1) is 6.04 Å². The van der Waals surface area contributed by atoms with Gasteiger partial charge in [0, 0.05) is 18.0 Å². The van der Waals surface area contributed by atoms with E-state index in [0.717, 1.165) is 25.1 Å². The lowest BCUT2D eigenvalue weighted by Crippen LogP contribution is -2.44. The lowest BCUT2D eigenvalue weighted by atomic mass is 9.81. The van der Waals surface area contributed by atoms with E-state index in [4.69, 9.17) is 10.6 Å². The van der Waals surface area contributed by atoms with E-state index in [1.54, 1.807) is 0 Å². The lowest BCUT2D eigenvalue weighted by Gasteiger charge is -2.39. The van der Waals surface area contributed by atoms with Gasteiger partial charge in [0.1, 0.15) is 11.9 Å². The Kier molecular flexibility index (Phi) is 4.53. The Morgan fingerprint density at radius 1 is 1.08 bits per heavy atom. The summed E-state index contributed by atoms with van der Waals surface area (Å²) in [6.45, 7) is 5.40. The highest BCUT2D eigenvalue weighted by Gasteiger charge is 2.34. The van der Waals surface area contributed by atoms with E-state index in [1.165, 1.54) is 23.1 Å². The van der Waals surface area contributed by atoms with Crippen LogP contribution in [0.2, 0.25) is 0 Å². The van der Waals surface area contributed by atoms with Crippen LogP contribution >= 0.6 is 0 Å². The maximum atomic E-state index is 6.41. The summed E-state index contributed by atoms with van der Waals surface area (Å²) in [6, 6.07) is 17.6. The predicted molar refractivity (Wildman–Crippen MR) is 101 cm³/mol. The van der Waals surface area contributed by atoms with Crippen LogP contribution < -0.4 is 10.6 Å². The Bertz CT molecular complexity index is 730. The van der Waals surface area contributed by atoms with E-state index in [2.05, 4.69) is 62.4 Å². The molecule has 132 valence electrons. The van der Waals surface area contributed by atoms with Crippen molar-refractivity contribution in [2.45, 2.75) is 51.2 Å². The standard InChI is InChI=1S/C22H28N2O/c1-15-16(2)25-22-19(10-6-12-20(15)22)14-18-11-7-13-24(23)21(18)17-8-4-3-5-9-17/h3-6,8-10,12,15-16,18,21H,7,11,13-14,23H2,1-2H3/t15?,16?,18-,21+/m0/s1. The number of ether oxygens (including phenoxy) is 1. The van der Waals surface area contributed by atoms with Crippen molar-refractivity contribution < 1.29 is 4.74 Å². The quantitative estimate of drug-likeness (QED) is 0.842. The molecule has 0 aliphatic carbocycles. The Balaban J connectivity index is 1.64. The summed E-state index contributed by atoms with van der Waals surface area (Å²) in [5, 5.41) is 2.04. The molecule has 2 aromatic rings. The van der Waals surface area contributed by atoms with Gasteiger partial charge in [-0.05, 0) is 43.2 Å². The molecule has 1 fully saturated rings. The van der Waals surface area contributed by atoms with Gasteiger partial charge in [0.2, 0.25) is 0 Å². The van der Waals surface area contributed by atoms with E-state index < -0.39 is 0 Å². The minimum absolute atomic E-state index is 0.262. The first-order valence-electron chi connectivity index (χ1n) is 9.50. The first-order valence-corrected chi connectivity index (χ1v) is 9.50. The molecule has 0 radical (unpaired) electrons. The van der Waals surface area contributed by atoms with Crippen molar-refractivity contribution in [3.63, 3.8) is 0 Å². The van der Waals surface area contributed by atoms with Gasteiger partial charge in [-0.3, -0.25) is 5.84 Å². The highest BCUT2D eigenvalue weighted by Crippen LogP contribution is 2.43. The largest absolute Gasteiger partial charge is 0.490 e. The molecular weight excluding hydrogens is 308 g/mol. The fraction of sp³-hybridized carbons (Fsp3) is 0.455. The highest BCUT2D eigenvalue weighted by molar-refractivity contribution is 5.47. The molecule has 0 saturated carbocycles. The van der Waals surface area contributed by atoms with Gasteiger partial charge < -0.3 is 4.74 Å². The molecule has 2 N–H and O–H groups in total. The van der Waals surface area contributed by atoms with Crippen molar-refractivity contribution in [2.75, 3.05) is 6.54 Å². The van der Waals surface area contributed by atoms with Crippen LogP contribution in [0.3, 0.4) is 0 Å². The molecule has 4 rings (SSSR count). The second kappa shape index (κ2) is 6.81. The van der Waals surface area contributed by atoms with Crippen LogP contribution in [0.5, 0.6) is 5.75 Å². The maximum absolute atomic E-state index is 6.41. The number of hydrazine groups is 1. The molecule has 4 atom stereocenters. The van der Waals surface area contributed by atoms with Gasteiger partial charge in [-0.2, -0.15) is 0 Å². The second-order valence-corrected chi connectivity index (χ2v) is 7.65. The minimum Gasteiger partial charge on any atom is -0.490 e. The topological polar surface area (TPSA) is 38.5 Å². The van der Waals surface area contributed by atoms with Crippen LogP contribution in [0.25, 0.3) is 0 Å². The number of para-hydroxylation sites is 1. The van der Waals surface area contributed by atoms with E-state index in [1.807, 2.05) is 5.01 Å². The number of piperidine rings is 1. The van der Waals surface area contributed by atoms with Crippen molar-refractivity contribution in [3.05, 3.63) is 65.2 Å². The molecule has 0 spiro atoms.